The Balaban J connectivity index is 1.37. The molecule has 0 aliphatic carbocycles. The lowest BCUT2D eigenvalue weighted by molar-refractivity contribution is 0.103. The van der Waals surface area contributed by atoms with E-state index in [1.54, 1.807) is 0 Å². The lowest BCUT2D eigenvalue weighted by atomic mass is 10.1. The van der Waals surface area contributed by atoms with Gasteiger partial charge in [0.25, 0.3) is 5.91 Å². The fourth-order valence-electron chi connectivity index (χ4n) is 3.43. The Morgan fingerprint density at radius 3 is 2.47 bits per heavy atom. The topological polar surface area (TPSA) is 56.1 Å². The van der Waals surface area contributed by atoms with E-state index < -0.39 is 0 Å². The molecule has 7 heteroatoms. The minimum absolute atomic E-state index is 0.166. The predicted octanol–water partition coefficient (Wildman–Crippen LogP) is 6.51. The smallest absolute Gasteiger partial charge is 0.266 e. The van der Waals surface area contributed by atoms with Gasteiger partial charge in [-0.05, 0) is 73.2 Å². The number of nitrogens with zero attached hydrogens (tertiary/aromatic N) is 2. The average Bonchev–Trinajstić information content (AvgIpc) is 3.34. The largest absolute Gasteiger partial charge is 0.489 e. The van der Waals surface area contributed by atoms with Crippen molar-refractivity contribution in [2.24, 2.45) is 0 Å². The maximum absolute atomic E-state index is 12.7. The van der Waals surface area contributed by atoms with Crippen LogP contribution >= 0.6 is 27.3 Å². The molecule has 0 fully saturated rings. The molecule has 0 saturated heterocycles. The van der Waals surface area contributed by atoms with E-state index >= 15 is 0 Å². The average molecular weight is 510 g/mol. The van der Waals surface area contributed by atoms with E-state index in [-0.39, 0.29) is 5.91 Å². The third-order valence-corrected chi connectivity index (χ3v) is 6.45. The molecule has 164 valence electrons. The van der Waals surface area contributed by atoms with Gasteiger partial charge in [0, 0.05) is 21.8 Å². The van der Waals surface area contributed by atoms with Crippen LogP contribution in [-0.2, 0) is 13.2 Å². The summed E-state index contributed by atoms with van der Waals surface area (Å²) in [6.45, 7) is 7.15. The Labute approximate surface area is 200 Å². The van der Waals surface area contributed by atoms with Crippen LogP contribution in [0.4, 0.5) is 5.82 Å². The fourth-order valence-corrected chi connectivity index (χ4v) is 4.48. The molecule has 0 bridgehead atoms. The van der Waals surface area contributed by atoms with Crippen LogP contribution in [0.25, 0.3) is 0 Å². The number of hydrogen-bond donors (Lipinski definition) is 1. The van der Waals surface area contributed by atoms with Crippen LogP contribution < -0.4 is 10.1 Å². The van der Waals surface area contributed by atoms with Crippen molar-refractivity contribution < 1.29 is 9.53 Å². The zero-order valence-electron chi connectivity index (χ0n) is 18.2. The number of amides is 1. The molecule has 0 saturated carbocycles. The Morgan fingerprint density at radius 2 is 1.75 bits per heavy atom. The first-order valence-corrected chi connectivity index (χ1v) is 11.9. The maximum Gasteiger partial charge on any atom is 0.266 e. The SMILES string of the molecule is Cc1cc(C)cc(OCc2csc(C(=O)Nc3cc(C)n(Cc4ccc(Br)cc4)n3)c2)c1. The van der Waals surface area contributed by atoms with Gasteiger partial charge in [0.1, 0.15) is 12.4 Å². The van der Waals surface area contributed by atoms with E-state index in [9.17, 15) is 4.79 Å². The highest BCUT2D eigenvalue weighted by molar-refractivity contribution is 9.10. The summed E-state index contributed by atoms with van der Waals surface area (Å²) in [6, 6.07) is 18.0. The van der Waals surface area contributed by atoms with E-state index in [1.165, 1.54) is 22.5 Å². The monoisotopic (exact) mass is 509 g/mol. The Hall–Kier alpha value is -2.90. The van der Waals surface area contributed by atoms with E-state index in [0.717, 1.165) is 27.0 Å². The van der Waals surface area contributed by atoms with Crippen molar-refractivity contribution in [2.75, 3.05) is 5.32 Å². The van der Waals surface area contributed by atoms with Crippen molar-refractivity contribution in [3.8, 4) is 5.75 Å². The zero-order valence-corrected chi connectivity index (χ0v) is 20.6. The highest BCUT2D eigenvalue weighted by Gasteiger charge is 2.13. The molecule has 1 N–H and O–H groups in total. The van der Waals surface area contributed by atoms with Crippen LogP contribution in [0.3, 0.4) is 0 Å². The van der Waals surface area contributed by atoms with Gasteiger partial charge in [-0.3, -0.25) is 9.48 Å². The molecule has 0 aliphatic rings. The Kier molecular flexibility index (Phi) is 6.77. The summed E-state index contributed by atoms with van der Waals surface area (Å²) in [5, 5.41) is 9.41. The molecule has 2 heterocycles. The molecule has 0 spiro atoms. The molecule has 0 unspecified atom stereocenters. The second-order valence-corrected chi connectivity index (χ2v) is 9.67. The van der Waals surface area contributed by atoms with Gasteiger partial charge in [-0.2, -0.15) is 5.10 Å². The summed E-state index contributed by atoms with van der Waals surface area (Å²) in [6.07, 6.45) is 0. The molecular weight excluding hydrogens is 486 g/mol. The molecule has 2 aromatic heterocycles. The van der Waals surface area contributed by atoms with Gasteiger partial charge in [-0.25, -0.2) is 0 Å². The molecule has 4 rings (SSSR count). The highest BCUT2D eigenvalue weighted by atomic mass is 79.9. The lowest BCUT2D eigenvalue weighted by Gasteiger charge is -2.07. The van der Waals surface area contributed by atoms with Crippen LogP contribution in [0, 0.1) is 20.8 Å². The highest BCUT2D eigenvalue weighted by Crippen LogP contribution is 2.21. The second kappa shape index (κ2) is 9.71. The third kappa shape index (κ3) is 5.66. The maximum atomic E-state index is 12.7. The second-order valence-electron chi connectivity index (χ2n) is 7.84. The van der Waals surface area contributed by atoms with E-state index in [4.69, 9.17) is 4.74 Å². The molecule has 4 aromatic rings. The predicted molar refractivity (Wildman–Crippen MR) is 133 cm³/mol. The van der Waals surface area contributed by atoms with Gasteiger partial charge in [0.15, 0.2) is 5.82 Å². The van der Waals surface area contributed by atoms with Gasteiger partial charge >= 0.3 is 0 Å². The van der Waals surface area contributed by atoms with Crippen LogP contribution in [0.2, 0.25) is 0 Å². The summed E-state index contributed by atoms with van der Waals surface area (Å²) in [5.74, 6) is 1.22. The van der Waals surface area contributed by atoms with E-state index in [0.29, 0.717) is 23.8 Å². The number of rotatable bonds is 7. The molecular formula is C25H24BrN3O2S. The zero-order chi connectivity index (χ0) is 22.7. The van der Waals surface area contributed by atoms with Crippen LogP contribution in [0.15, 0.2) is 64.5 Å². The van der Waals surface area contributed by atoms with Crippen molar-refractivity contribution in [2.45, 2.75) is 33.9 Å². The number of thiophene rings is 1. The molecule has 2 aromatic carbocycles. The number of hydrogen-bond acceptors (Lipinski definition) is 4. The third-order valence-electron chi connectivity index (χ3n) is 4.95. The van der Waals surface area contributed by atoms with Gasteiger partial charge in [0.05, 0.1) is 11.4 Å². The molecule has 32 heavy (non-hydrogen) atoms. The van der Waals surface area contributed by atoms with E-state index in [2.05, 4.69) is 58.4 Å². The summed E-state index contributed by atoms with van der Waals surface area (Å²) in [4.78, 5) is 13.3. The molecule has 0 atom stereocenters. The van der Waals surface area contributed by atoms with Crippen molar-refractivity contribution in [1.82, 2.24) is 9.78 Å². The normalized spacial score (nSPS) is 10.9. The van der Waals surface area contributed by atoms with Crippen molar-refractivity contribution in [3.63, 3.8) is 0 Å². The van der Waals surface area contributed by atoms with Gasteiger partial charge in [-0.15, -0.1) is 11.3 Å². The summed E-state index contributed by atoms with van der Waals surface area (Å²) < 4.78 is 8.83. The summed E-state index contributed by atoms with van der Waals surface area (Å²) >= 11 is 4.85. The van der Waals surface area contributed by atoms with Crippen LogP contribution in [0.1, 0.15) is 37.6 Å². The number of nitrogens with one attached hydrogen (secondary N) is 1. The van der Waals surface area contributed by atoms with Crippen molar-refractivity contribution >= 4 is 39.0 Å². The first-order valence-electron chi connectivity index (χ1n) is 10.2. The number of halogens is 1. The van der Waals surface area contributed by atoms with Crippen molar-refractivity contribution in [3.05, 3.63) is 97.3 Å². The van der Waals surface area contributed by atoms with Gasteiger partial charge in [0.2, 0.25) is 0 Å². The Bertz CT molecular complexity index is 1220. The van der Waals surface area contributed by atoms with E-state index in [1.807, 2.05) is 53.4 Å². The number of benzene rings is 2. The molecule has 0 radical (unpaired) electrons. The number of aryl methyl sites for hydroxylation is 3. The van der Waals surface area contributed by atoms with Crippen LogP contribution in [0.5, 0.6) is 5.75 Å². The summed E-state index contributed by atoms with van der Waals surface area (Å²) in [5.41, 5.74) is 5.43. The van der Waals surface area contributed by atoms with Crippen LogP contribution in [-0.4, -0.2) is 15.7 Å². The standard InChI is InChI=1S/C25H24BrN3O2S/c1-16-8-17(2)10-22(9-16)31-14-20-12-23(32-15-20)25(30)27-24-11-18(3)29(28-24)13-19-4-6-21(26)7-5-19/h4-12,15H,13-14H2,1-3H3,(H,27,28,30). The number of carbonyl (C=O) groups excluding carboxylic acids is 1. The number of anilines is 1. The summed E-state index contributed by atoms with van der Waals surface area (Å²) in [7, 11) is 0. The molecule has 5 nitrogen and oxygen atoms in total. The fraction of sp³-hybridized carbons (Fsp3) is 0.200. The minimum Gasteiger partial charge on any atom is -0.489 e. The lowest BCUT2D eigenvalue weighted by Crippen LogP contribution is -2.11. The first kappa shape index (κ1) is 22.3. The Morgan fingerprint density at radius 1 is 1.03 bits per heavy atom. The molecule has 1 amide bonds. The minimum atomic E-state index is -0.166. The van der Waals surface area contributed by atoms with Gasteiger partial charge in [-0.1, -0.05) is 34.1 Å². The first-order chi connectivity index (χ1) is 15.4. The number of aromatic nitrogens is 2. The van der Waals surface area contributed by atoms with Gasteiger partial charge < -0.3 is 10.1 Å². The number of carbonyl (C=O) groups is 1. The number of ether oxygens (including phenoxy) is 1. The quantitative estimate of drug-likeness (QED) is 0.308. The van der Waals surface area contributed by atoms with Crippen molar-refractivity contribution in [1.29, 1.82) is 0 Å². The molecule has 0 aliphatic heterocycles.